The fraction of sp³-hybridized carbons (Fsp3) is 0.348. The number of hydrogen-bond donors (Lipinski definition) is 0. The molecule has 1 atom stereocenters. The van der Waals surface area contributed by atoms with Gasteiger partial charge in [-0.3, -0.25) is 14.4 Å². The van der Waals surface area contributed by atoms with E-state index in [9.17, 15) is 14.4 Å². The van der Waals surface area contributed by atoms with Crippen LogP contribution in [-0.2, 0) is 14.3 Å². The van der Waals surface area contributed by atoms with Crippen LogP contribution in [0.15, 0.2) is 54.6 Å². The van der Waals surface area contributed by atoms with Crippen LogP contribution >= 0.6 is 0 Å². The second-order valence-corrected chi connectivity index (χ2v) is 7.47. The Bertz CT molecular complexity index is 889. The minimum atomic E-state index is -0.376. The Kier molecular flexibility index (Phi) is 5.71. The minimum absolute atomic E-state index is 0.000895. The SMILES string of the molecule is O=C1CC(CC(=O)N2CCOCC2)N(C(=O)c2ccc(-c3ccccc3)cc2)C1. The van der Waals surface area contributed by atoms with Crippen LogP contribution in [0.2, 0.25) is 0 Å². The number of benzene rings is 2. The summed E-state index contributed by atoms with van der Waals surface area (Å²) in [5, 5.41) is 0. The summed E-state index contributed by atoms with van der Waals surface area (Å²) in [4.78, 5) is 41.0. The highest BCUT2D eigenvalue weighted by Gasteiger charge is 2.36. The number of rotatable bonds is 4. The standard InChI is InChI=1S/C23H24N2O4/c26-21-14-20(15-22(27)24-10-12-29-13-11-24)25(16-21)23(28)19-8-6-18(7-9-19)17-4-2-1-3-5-17/h1-9,20H,10-16H2. The molecule has 0 aliphatic carbocycles. The number of nitrogens with zero attached hydrogens (tertiary/aromatic N) is 2. The fourth-order valence-corrected chi connectivity index (χ4v) is 3.92. The van der Waals surface area contributed by atoms with Crippen molar-refractivity contribution < 1.29 is 19.1 Å². The first-order valence-electron chi connectivity index (χ1n) is 9.95. The smallest absolute Gasteiger partial charge is 0.254 e. The average molecular weight is 392 g/mol. The van der Waals surface area contributed by atoms with Crippen molar-refractivity contribution in [3.05, 3.63) is 60.2 Å². The number of morpholine rings is 1. The van der Waals surface area contributed by atoms with Gasteiger partial charge in [0.1, 0.15) is 0 Å². The zero-order valence-corrected chi connectivity index (χ0v) is 16.3. The van der Waals surface area contributed by atoms with Crippen molar-refractivity contribution in [2.24, 2.45) is 0 Å². The highest BCUT2D eigenvalue weighted by atomic mass is 16.5. The van der Waals surface area contributed by atoms with E-state index in [4.69, 9.17) is 4.74 Å². The molecular formula is C23H24N2O4. The molecular weight excluding hydrogens is 368 g/mol. The van der Waals surface area contributed by atoms with Gasteiger partial charge in [0.25, 0.3) is 5.91 Å². The number of amides is 2. The van der Waals surface area contributed by atoms with Crippen LogP contribution in [0.25, 0.3) is 11.1 Å². The third kappa shape index (κ3) is 4.38. The molecule has 29 heavy (non-hydrogen) atoms. The van der Waals surface area contributed by atoms with Crippen LogP contribution in [0.4, 0.5) is 0 Å². The van der Waals surface area contributed by atoms with Crippen LogP contribution < -0.4 is 0 Å². The molecule has 6 heteroatoms. The van der Waals surface area contributed by atoms with Gasteiger partial charge in [-0.1, -0.05) is 42.5 Å². The molecule has 0 radical (unpaired) electrons. The summed E-state index contributed by atoms with van der Waals surface area (Å²) in [5.41, 5.74) is 2.64. The predicted octanol–water partition coefficient (Wildman–Crippen LogP) is 2.39. The summed E-state index contributed by atoms with van der Waals surface area (Å²) < 4.78 is 5.28. The van der Waals surface area contributed by atoms with Crippen LogP contribution in [0.3, 0.4) is 0 Å². The normalized spacial score (nSPS) is 19.4. The number of ether oxygens (including phenoxy) is 1. The zero-order valence-electron chi connectivity index (χ0n) is 16.3. The Labute approximate surface area is 170 Å². The molecule has 2 aliphatic heterocycles. The molecule has 2 fully saturated rings. The molecule has 0 bridgehead atoms. The number of Topliss-reactive ketones (excluding diaryl/α,β-unsaturated/α-hetero) is 1. The molecule has 2 amide bonds. The maximum Gasteiger partial charge on any atom is 0.254 e. The van der Waals surface area contributed by atoms with E-state index in [1.54, 1.807) is 21.9 Å². The van der Waals surface area contributed by atoms with Crippen molar-refractivity contribution in [3.8, 4) is 11.1 Å². The van der Waals surface area contributed by atoms with E-state index in [-0.39, 0.29) is 43.0 Å². The third-order valence-electron chi connectivity index (χ3n) is 5.52. The van der Waals surface area contributed by atoms with Crippen molar-refractivity contribution in [1.29, 1.82) is 0 Å². The Morgan fingerprint density at radius 3 is 2.28 bits per heavy atom. The Hall–Kier alpha value is -2.99. The van der Waals surface area contributed by atoms with Gasteiger partial charge >= 0.3 is 0 Å². The largest absolute Gasteiger partial charge is 0.378 e. The first kappa shape index (κ1) is 19.3. The van der Waals surface area contributed by atoms with E-state index < -0.39 is 0 Å². The highest BCUT2D eigenvalue weighted by Crippen LogP contribution is 2.24. The van der Waals surface area contributed by atoms with E-state index in [1.165, 1.54) is 0 Å². The molecule has 2 saturated heterocycles. The maximum atomic E-state index is 13.0. The topological polar surface area (TPSA) is 66.9 Å². The number of carbonyl (C=O) groups is 3. The molecule has 0 spiro atoms. The molecule has 2 aromatic carbocycles. The van der Waals surface area contributed by atoms with E-state index in [0.29, 0.717) is 31.9 Å². The summed E-state index contributed by atoms with van der Waals surface area (Å²) in [7, 11) is 0. The fourth-order valence-electron chi connectivity index (χ4n) is 3.92. The minimum Gasteiger partial charge on any atom is -0.378 e. The van der Waals surface area contributed by atoms with Crippen molar-refractivity contribution in [3.63, 3.8) is 0 Å². The number of hydrogen-bond acceptors (Lipinski definition) is 4. The molecule has 0 saturated carbocycles. The molecule has 4 rings (SSSR count). The lowest BCUT2D eigenvalue weighted by Gasteiger charge is -2.30. The highest BCUT2D eigenvalue weighted by molar-refractivity contribution is 6.00. The Morgan fingerprint density at radius 1 is 0.931 bits per heavy atom. The molecule has 2 aliphatic rings. The number of carbonyl (C=O) groups excluding carboxylic acids is 3. The molecule has 2 aromatic rings. The van der Waals surface area contributed by atoms with Crippen LogP contribution in [0.5, 0.6) is 0 Å². The lowest BCUT2D eigenvalue weighted by Crippen LogP contribution is -2.44. The lowest BCUT2D eigenvalue weighted by atomic mass is 10.0. The molecule has 6 nitrogen and oxygen atoms in total. The maximum absolute atomic E-state index is 13.0. The number of ketones is 1. The van der Waals surface area contributed by atoms with Gasteiger partial charge in [0.15, 0.2) is 5.78 Å². The van der Waals surface area contributed by atoms with Gasteiger partial charge in [-0.15, -0.1) is 0 Å². The van der Waals surface area contributed by atoms with E-state index in [0.717, 1.165) is 11.1 Å². The summed E-state index contributed by atoms with van der Waals surface area (Å²) >= 11 is 0. The van der Waals surface area contributed by atoms with Gasteiger partial charge in [-0.05, 0) is 23.3 Å². The van der Waals surface area contributed by atoms with Crippen molar-refractivity contribution >= 4 is 17.6 Å². The number of likely N-dealkylation sites (tertiary alicyclic amines) is 1. The summed E-state index contributed by atoms with van der Waals surface area (Å²) in [6.45, 7) is 2.26. The van der Waals surface area contributed by atoms with E-state index >= 15 is 0 Å². The summed E-state index contributed by atoms with van der Waals surface area (Å²) in [6.07, 6.45) is 0.420. The van der Waals surface area contributed by atoms with Gasteiger partial charge in [-0.2, -0.15) is 0 Å². The first-order chi connectivity index (χ1) is 14.1. The molecule has 1 unspecified atom stereocenters. The summed E-state index contributed by atoms with van der Waals surface area (Å²) in [6, 6.07) is 17.0. The average Bonchev–Trinajstić information content (AvgIpc) is 3.14. The molecule has 150 valence electrons. The predicted molar refractivity (Wildman–Crippen MR) is 108 cm³/mol. The van der Waals surface area contributed by atoms with E-state index in [2.05, 4.69) is 0 Å². The monoisotopic (exact) mass is 392 g/mol. The van der Waals surface area contributed by atoms with Gasteiger partial charge in [0, 0.05) is 37.5 Å². The Morgan fingerprint density at radius 2 is 1.59 bits per heavy atom. The summed E-state index contributed by atoms with van der Waals surface area (Å²) in [5.74, 6) is -0.223. The second kappa shape index (κ2) is 8.57. The third-order valence-corrected chi connectivity index (χ3v) is 5.52. The second-order valence-electron chi connectivity index (χ2n) is 7.47. The van der Waals surface area contributed by atoms with Gasteiger partial charge in [0.05, 0.1) is 19.8 Å². The van der Waals surface area contributed by atoms with Gasteiger partial charge in [0.2, 0.25) is 5.91 Å². The lowest BCUT2D eigenvalue weighted by molar-refractivity contribution is -0.136. The molecule has 0 aromatic heterocycles. The van der Waals surface area contributed by atoms with Gasteiger partial charge < -0.3 is 14.5 Å². The van der Waals surface area contributed by atoms with Crippen molar-refractivity contribution in [2.45, 2.75) is 18.9 Å². The van der Waals surface area contributed by atoms with Crippen LogP contribution in [-0.4, -0.2) is 66.3 Å². The molecule has 0 N–H and O–H groups in total. The first-order valence-corrected chi connectivity index (χ1v) is 9.95. The Balaban J connectivity index is 1.46. The van der Waals surface area contributed by atoms with Crippen molar-refractivity contribution in [2.75, 3.05) is 32.8 Å². The quantitative estimate of drug-likeness (QED) is 0.801. The van der Waals surface area contributed by atoms with Crippen molar-refractivity contribution in [1.82, 2.24) is 9.80 Å². The zero-order chi connectivity index (χ0) is 20.2. The van der Waals surface area contributed by atoms with Crippen LogP contribution in [0.1, 0.15) is 23.2 Å². The van der Waals surface area contributed by atoms with E-state index in [1.807, 2.05) is 42.5 Å². The molecule has 2 heterocycles. The van der Waals surface area contributed by atoms with Gasteiger partial charge in [-0.25, -0.2) is 0 Å². The van der Waals surface area contributed by atoms with Crippen LogP contribution in [0, 0.1) is 0 Å².